The van der Waals surface area contributed by atoms with Crippen LogP contribution in [0.15, 0.2) is 30.3 Å². The highest BCUT2D eigenvalue weighted by atomic mass is 32.2. The molecule has 0 saturated carbocycles. The summed E-state index contributed by atoms with van der Waals surface area (Å²) in [7, 11) is 0. The zero-order valence-corrected chi connectivity index (χ0v) is 17.3. The lowest BCUT2D eigenvalue weighted by Crippen LogP contribution is -2.50. The van der Waals surface area contributed by atoms with Crippen LogP contribution in [-0.4, -0.2) is 35.9 Å². The second-order valence-corrected chi connectivity index (χ2v) is 8.49. The highest BCUT2D eigenvalue weighted by Gasteiger charge is 2.24. The Morgan fingerprint density at radius 2 is 1.85 bits per heavy atom. The molecule has 146 valence electrons. The normalized spacial score (nSPS) is 13.6. The number of ether oxygens (including phenoxy) is 1. The lowest BCUT2D eigenvalue weighted by Gasteiger charge is -2.23. The van der Waals surface area contributed by atoms with Crippen molar-refractivity contribution in [3.05, 3.63) is 35.9 Å². The third-order valence-corrected chi connectivity index (χ3v) is 4.83. The highest BCUT2D eigenvalue weighted by molar-refractivity contribution is 7.98. The number of hydrogen-bond donors (Lipinski definition) is 2. The lowest BCUT2D eigenvalue weighted by atomic mass is 10.1. The Kier molecular flexibility index (Phi) is 9.55. The number of hydrogen-bond acceptors (Lipinski definition) is 4. The van der Waals surface area contributed by atoms with E-state index >= 15 is 0 Å². The summed E-state index contributed by atoms with van der Waals surface area (Å²) in [5.74, 6) is 1.50. The maximum absolute atomic E-state index is 12.5. The molecule has 2 atom stereocenters. The van der Waals surface area contributed by atoms with E-state index in [1.807, 2.05) is 30.3 Å². The van der Waals surface area contributed by atoms with Crippen molar-refractivity contribution in [3.8, 4) is 0 Å². The number of alkyl carbamates (subject to hydrolysis) is 1. The topological polar surface area (TPSA) is 67.4 Å². The fourth-order valence-electron chi connectivity index (χ4n) is 2.04. The Morgan fingerprint density at radius 1 is 1.19 bits per heavy atom. The van der Waals surface area contributed by atoms with Gasteiger partial charge in [0, 0.05) is 18.1 Å². The number of rotatable bonds is 9. The van der Waals surface area contributed by atoms with Crippen LogP contribution in [0.2, 0.25) is 0 Å². The van der Waals surface area contributed by atoms with Gasteiger partial charge in [0.05, 0.1) is 0 Å². The SMILES string of the molecule is CCC(C)CNC(=O)C(CSCc1ccccc1)NC(=O)OC(C)(C)C. The molecule has 5 nitrogen and oxygen atoms in total. The van der Waals surface area contributed by atoms with E-state index in [4.69, 9.17) is 4.74 Å². The van der Waals surface area contributed by atoms with Gasteiger partial charge < -0.3 is 15.4 Å². The minimum absolute atomic E-state index is 0.170. The van der Waals surface area contributed by atoms with Crippen LogP contribution in [0.5, 0.6) is 0 Å². The van der Waals surface area contributed by atoms with Gasteiger partial charge in [0.2, 0.25) is 5.91 Å². The van der Waals surface area contributed by atoms with Crippen LogP contribution in [0, 0.1) is 5.92 Å². The largest absolute Gasteiger partial charge is 0.444 e. The third kappa shape index (κ3) is 9.70. The van der Waals surface area contributed by atoms with Crippen molar-refractivity contribution < 1.29 is 14.3 Å². The van der Waals surface area contributed by atoms with E-state index < -0.39 is 17.7 Å². The zero-order chi connectivity index (χ0) is 19.6. The molecular weight excluding hydrogens is 348 g/mol. The molecule has 2 N–H and O–H groups in total. The Bertz CT molecular complexity index is 558. The van der Waals surface area contributed by atoms with Crippen LogP contribution in [0.4, 0.5) is 4.79 Å². The summed E-state index contributed by atoms with van der Waals surface area (Å²) >= 11 is 1.61. The first-order valence-corrected chi connectivity index (χ1v) is 10.3. The van der Waals surface area contributed by atoms with Gasteiger partial charge >= 0.3 is 6.09 Å². The third-order valence-electron chi connectivity index (χ3n) is 3.73. The predicted octanol–water partition coefficient (Wildman–Crippen LogP) is 3.98. The van der Waals surface area contributed by atoms with Crippen molar-refractivity contribution in [2.75, 3.05) is 12.3 Å². The number of carbonyl (C=O) groups is 2. The molecule has 0 heterocycles. The zero-order valence-electron chi connectivity index (χ0n) is 16.5. The smallest absolute Gasteiger partial charge is 0.408 e. The Hall–Kier alpha value is -1.69. The molecule has 2 unspecified atom stereocenters. The van der Waals surface area contributed by atoms with Gasteiger partial charge in [-0.1, -0.05) is 50.6 Å². The van der Waals surface area contributed by atoms with Gasteiger partial charge in [-0.15, -0.1) is 0 Å². The Balaban J connectivity index is 2.61. The van der Waals surface area contributed by atoms with E-state index in [0.717, 1.165) is 12.2 Å². The summed E-state index contributed by atoms with van der Waals surface area (Å²) in [6.45, 7) is 10.2. The molecule has 0 bridgehead atoms. The van der Waals surface area contributed by atoms with Crippen molar-refractivity contribution >= 4 is 23.8 Å². The molecule has 1 aromatic carbocycles. The molecule has 0 aliphatic carbocycles. The van der Waals surface area contributed by atoms with Crippen molar-refractivity contribution in [3.63, 3.8) is 0 Å². The van der Waals surface area contributed by atoms with E-state index in [0.29, 0.717) is 18.2 Å². The Morgan fingerprint density at radius 3 is 2.42 bits per heavy atom. The summed E-state index contributed by atoms with van der Waals surface area (Å²) in [6.07, 6.45) is 0.425. The molecule has 0 aromatic heterocycles. The molecule has 6 heteroatoms. The van der Waals surface area contributed by atoms with E-state index in [9.17, 15) is 9.59 Å². The lowest BCUT2D eigenvalue weighted by molar-refractivity contribution is -0.122. The molecule has 0 aliphatic rings. The maximum Gasteiger partial charge on any atom is 0.408 e. The van der Waals surface area contributed by atoms with Crippen LogP contribution >= 0.6 is 11.8 Å². The van der Waals surface area contributed by atoms with E-state index in [2.05, 4.69) is 24.5 Å². The molecule has 26 heavy (non-hydrogen) atoms. The monoisotopic (exact) mass is 380 g/mol. The number of carbonyl (C=O) groups excluding carboxylic acids is 2. The second kappa shape index (κ2) is 11.1. The van der Waals surface area contributed by atoms with Gasteiger partial charge in [-0.05, 0) is 32.3 Å². The predicted molar refractivity (Wildman–Crippen MR) is 108 cm³/mol. The van der Waals surface area contributed by atoms with Crippen molar-refractivity contribution in [1.82, 2.24) is 10.6 Å². The van der Waals surface area contributed by atoms with E-state index in [1.165, 1.54) is 5.56 Å². The molecule has 0 saturated heterocycles. The van der Waals surface area contributed by atoms with E-state index in [-0.39, 0.29) is 5.91 Å². The fourth-order valence-corrected chi connectivity index (χ4v) is 3.06. The molecule has 2 amide bonds. The minimum atomic E-state index is -0.623. The van der Waals surface area contributed by atoms with Gasteiger partial charge in [0.25, 0.3) is 0 Å². The van der Waals surface area contributed by atoms with Crippen LogP contribution in [0.25, 0.3) is 0 Å². The molecular formula is C20H32N2O3S. The van der Waals surface area contributed by atoms with Crippen LogP contribution < -0.4 is 10.6 Å². The van der Waals surface area contributed by atoms with Crippen molar-refractivity contribution in [2.45, 2.75) is 58.4 Å². The summed E-state index contributed by atoms with van der Waals surface area (Å²) in [5.41, 5.74) is 0.590. The minimum Gasteiger partial charge on any atom is -0.444 e. The average molecular weight is 381 g/mol. The van der Waals surface area contributed by atoms with Gasteiger partial charge in [-0.25, -0.2) is 4.79 Å². The van der Waals surface area contributed by atoms with Crippen LogP contribution in [0.3, 0.4) is 0 Å². The summed E-state index contributed by atoms with van der Waals surface area (Å²) in [5, 5.41) is 5.64. The summed E-state index contributed by atoms with van der Waals surface area (Å²) < 4.78 is 5.29. The number of benzene rings is 1. The van der Waals surface area contributed by atoms with Gasteiger partial charge in [0.15, 0.2) is 0 Å². The average Bonchev–Trinajstić information content (AvgIpc) is 2.57. The Labute approximate surface area is 161 Å². The number of nitrogens with one attached hydrogen (secondary N) is 2. The van der Waals surface area contributed by atoms with Gasteiger partial charge in [0.1, 0.15) is 11.6 Å². The quantitative estimate of drug-likeness (QED) is 0.680. The first-order chi connectivity index (χ1) is 12.2. The standard InChI is InChI=1S/C20H32N2O3S/c1-6-15(2)12-21-18(23)17(22-19(24)25-20(3,4)5)14-26-13-16-10-8-7-9-11-16/h7-11,15,17H,6,12-14H2,1-5H3,(H,21,23)(H,22,24). The molecule has 1 aromatic rings. The molecule has 1 rings (SSSR count). The van der Waals surface area contributed by atoms with Gasteiger partial charge in [-0.3, -0.25) is 4.79 Å². The number of amides is 2. The van der Waals surface area contributed by atoms with Gasteiger partial charge in [-0.2, -0.15) is 11.8 Å². The highest BCUT2D eigenvalue weighted by Crippen LogP contribution is 2.14. The maximum atomic E-state index is 12.5. The fraction of sp³-hybridized carbons (Fsp3) is 0.600. The molecule has 0 aliphatic heterocycles. The van der Waals surface area contributed by atoms with Crippen LogP contribution in [0.1, 0.15) is 46.6 Å². The van der Waals surface area contributed by atoms with Crippen molar-refractivity contribution in [1.29, 1.82) is 0 Å². The van der Waals surface area contributed by atoms with Crippen molar-refractivity contribution in [2.24, 2.45) is 5.92 Å². The second-order valence-electron chi connectivity index (χ2n) is 7.46. The first kappa shape index (κ1) is 22.4. The molecule has 0 radical (unpaired) electrons. The summed E-state index contributed by atoms with van der Waals surface area (Å²) in [6, 6.07) is 9.43. The first-order valence-electron chi connectivity index (χ1n) is 9.10. The van der Waals surface area contributed by atoms with E-state index in [1.54, 1.807) is 32.5 Å². The number of thioether (sulfide) groups is 1. The molecule has 0 fully saturated rings. The summed E-state index contributed by atoms with van der Waals surface area (Å²) in [4.78, 5) is 24.6. The van der Waals surface area contributed by atoms with Crippen LogP contribution in [-0.2, 0) is 15.3 Å². The molecule has 0 spiro atoms.